The number of sulfonamides is 1. The predicted octanol–water partition coefficient (Wildman–Crippen LogP) is 1.34. The Morgan fingerprint density at radius 2 is 2.20 bits per heavy atom. The molecule has 2 rings (SSSR count). The van der Waals surface area contributed by atoms with Crippen molar-refractivity contribution in [3.05, 3.63) is 46.7 Å². The molecule has 0 aliphatic rings. The number of hydrogen-bond acceptors (Lipinski definition) is 4. The number of aromatic nitrogens is 2. The average molecular weight is 315 g/mol. The van der Waals surface area contributed by atoms with Gasteiger partial charge in [0.1, 0.15) is 0 Å². The van der Waals surface area contributed by atoms with Crippen LogP contribution < -0.4 is 5.73 Å². The van der Waals surface area contributed by atoms with E-state index in [1.54, 1.807) is 18.5 Å². The highest BCUT2D eigenvalue weighted by atomic mass is 35.5. The monoisotopic (exact) mass is 314 g/mol. The summed E-state index contributed by atoms with van der Waals surface area (Å²) in [5, 5.41) is 6.78. The van der Waals surface area contributed by atoms with Gasteiger partial charge in [-0.15, -0.1) is 0 Å². The van der Waals surface area contributed by atoms with Gasteiger partial charge in [-0.1, -0.05) is 17.7 Å². The summed E-state index contributed by atoms with van der Waals surface area (Å²) in [6.45, 7) is 0.499. The van der Waals surface area contributed by atoms with E-state index in [4.69, 9.17) is 17.3 Å². The van der Waals surface area contributed by atoms with Crippen molar-refractivity contribution < 1.29 is 8.42 Å². The van der Waals surface area contributed by atoms with Crippen LogP contribution in [0.5, 0.6) is 0 Å². The molecule has 108 valence electrons. The molecule has 1 heterocycles. The largest absolute Gasteiger partial charge is 0.326 e. The lowest BCUT2D eigenvalue weighted by atomic mass is 10.2. The zero-order valence-corrected chi connectivity index (χ0v) is 12.4. The van der Waals surface area contributed by atoms with Crippen LogP contribution in [0.15, 0.2) is 35.5 Å². The van der Waals surface area contributed by atoms with Crippen molar-refractivity contribution in [2.75, 3.05) is 7.05 Å². The van der Waals surface area contributed by atoms with Gasteiger partial charge in [-0.05, 0) is 17.7 Å². The minimum Gasteiger partial charge on any atom is -0.326 e. The van der Waals surface area contributed by atoms with E-state index in [1.807, 2.05) is 0 Å². The molecule has 0 radical (unpaired) electrons. The Labute approximate surface area is 122 Å². The van der Waals surface area contributed by atoms with Crippen molar-refractivity contribution in [3.63, 3.8) is 0 Å². The molecule has 0 bridgehead atoms. The van der Waals surface area contributed by atoms with E-state index < -0.39 is 10.0 Å². The molecule has 8 heteroatoms. The van der Waals surface area contributed by atoms with E-state index in [0.29, 0.717) is 10.6 Å². The Morgan fingerprint density at radius 3 is 2.75 bits per heavy atom. The molecule has 1 aromatic heterocycles. The maximum absolute atomic E-state index is 12.4. The predicted molar refractivity (Wildman–Crippen MR) is 76.6 cm³/mol. The minimum atomic E-state index is -3.60. The molecule has 6 nitrogen and oxygen atoms in total. The van der Waals surface area contributed by atoms with E-state index in [9.17, 15) is 8.42 Å². The van der Waals surface area contributed by atoms with Gasteiger partial charge in [-0.2, -0.15) is 9.40 Å². The van der Waals surface area contributed by atoms with E-state index in [1.165, 1.54) is 23.5 Å². The fourth-order valence-electron chi connectivity index (χ4n) is 1.74. The highest BCUT2D eigenvalue weighted by Gasteiger charge is 2.22. The van der Waals surface area contributed by atoms with Crippen molar-refractivity contribution in [1.29, 1.82) is 0 Å². The van der Waals surface area contributed by atoms with Crippen LogP contribution in [0.3, 0.4) is 0 Å². The van der Waals surface area contributed by atoms with Crippen LogP contribution in [0.4, 0.5) is 0 Å². The summed E-state index contributed by atoms with van der Waals surface area (Å²) in [6.07, 6.45) is 3.23. The molecule has 0 fully saturated rings. The van der Waals surface area contributed by atoms with Crippen LogP contribution >= 0.6 is 11.6 Å². The molecule has 0 atom stereocenters. The van der Waals surface area contributed by atoms with Crippen LogP contribution in [0.25, 0.3) is 0 Å². The summed E-state index contributed by atoms with van der Waals surface area (Å²) in [5.74, 6) is 0. The van der Waals surface area contributed by atoms with E-state index in [2.05, 4.69) is 10.2 Å². The summed E-state index contributed by atoms with van der Waals surface area (Å²) in [7, 11) is -2.09. The Hall–Kier alpha value is -1.41. The summed E-state index contributed by atoms with van der Waals surface area (Å²) in [4.78, 5) is 0.144. The third-order valence-corrected chi connectivity index (χ3v) is 5.06. The third-order valence-electron chi connectivity index (χ3n) is 2.91. The highest BCUT2D eigenvalue weighted by molar-refractivity contribution is 7.89. The Morgan fingerprint density at radius 1 is 1.45 bits per heavy atom. The second-order valence-electron chi connectivity index (χ2n) is 4.32. The van der Waals surface area contributed by atoms with Gasteiger partial charge in [0.15, 0.2) is 0 Å². The molecule has 20 heavy (non-hydrogen) atoms. The molecule has 0 aliphatic carbocycles. The summed E-state index contributed by atoms with van der Waals surface area (Å²) in [5.41, 5.74) is 6.99. The number of halogens is 1. The fraction of sp³-hybridized carbons (Fsp3) is 0.250. The fourth-order valence-corrected chi connectivity index (χ4v) is 3.25. The van der Waals surface area contributed by atoms with Crippen LogP contribution in [0.1, 0.15) is 11.1 Å². The molecule has 0 spiro atoms. The van der Waals surface area contributed by atoms with Crippen molar-refractivity contribution in [2.45, 2.75) is 18.0 Å². The number of nitrogens with two attached hydrogens (primary N) is 1. The standard InChI is InChI=1S/C12H15ClN4O2S/c1-17(8-9-6-15-16-7-9)20(18,19)11-3-2-10(5-14)12(13)4-11/h2-4,6-7H,5,8,14H2,1H3,(H,15,16). The van der Waals surface area contributed by atoms with Gasteiger partial charge >= 0.3 is 0 Å². The van der Waals surface area contributed by atoms with Gasteiger partial charge < -0.3 is 5.73 Å². The maximum Gasteiger partial charge on any atom is 0.243 e. The first kappa shape index (κ1) is 15.0. The smallest absolute Gasteiger partial charge is 0.243 e. The zero-order valence-electron chi connectivity index (χ0n) is 10.9. The van der Waals surface area contributed by atoms with E-state index >= 15 is 0 Å². The normalized spacial score (nSPS) is 12.0. The lowest BCUT2D eigenvalue weighted by Crippen LogP contribution is -2.26. The number of benzene rings is 1. The van der Waals surface area contributed by atoms with Gasteiger partial charge in [-0.3, -0.25) is 5.10 Å². The van der Waals surface area contributed by atoms with Crippen LogP contribution in [-0.2, 0) is 23.1 Å². The first-order valence-electron chi connectivity index (χ1n) is 5.87. The number of nitrogens with zero attached hydrogens (tertiary/aromatic N) is 2. The molecule has 0 aliphatic heterocycles. The summed E-state index contributed by atoms with van der Waals surface area (Å²) >= 11 is 6.01. The molecule has 3 N–H and O–H groups in total. The van der Waals surface area contributed by atoms with Crippen molar-refractivity contribution in [1.82, 2.24) is 14.5 Å². The molecule has 2 aromatic rings. The highest BCUT2D eigenvalue weighted by Crippen LogP contribution is 2.23. The van der Waals surface area contributed by atoms with Crippen molar-refractivity contribution in [3.8, 4) is 0 Å². The van der Waals surface area contributed by atoms with Gasteiger partial charge in [0.05, 0.1) is 11.1 Å². The van der Waals surface area contributed by atoms with Crippen molar-refractivity contribution >= 4 is 21.6 Å². The second kappa shape index (κ2) is 5.92. The molecule has 0 unspecified atom stereocenters. The van der Waals surface area contributed by atoms with Crippen molar-refractivity contribution in [2.24, 2.45) is 5.73 Å². The molecular formula is C12H15ClN4O2S. The first-order chi connectivity index (χ1) is 9.45. The Kier molecular flexibility index (Phi) is 4.44. The number of H-pyrrole nitrogens is 1. The average Bonchev–Trinajstić information content (AvgIpc) is 2.91. The number of nitrogens with one attached hydrogen (secondary N) is 1. The van der Waals surface area contributed by atoms with Crippen LogP contribution in [0.2, 0.25) is 5.02 Å². The van der Waals surface area contributed by atoms with Gasteiger partial charge in [0.25, 0.3) is 0 Å². The van der Waals surface area contributed by atoms with E-state index in [-0.39, 0.29) is 18.0 Å². The first-order valence-corrected chi connectivity index (χ1v) is 7.69. The Bertz CT molecular complexity index is 685. The van der Waals surface area contributed by atoms with Gasteiger partial charge in [-0.25, -0.2) is 8.42 Å². The number of aromatic amines is 1. The summed E-state index contributed by atoms with van der Waals surface area (Å²) < 4.78 is 26.1. The number of hydrogen-bond donors (Lipinski definition) is 2. The quantitative estimate of drug-likeness (QED) is 0.871. The molecule has 0 amide bonds. The maximum atomic E-state index is 12.4. The third kappa shape index (κ3) is 3.01. The second-order valence-corrected chi connectivity index (χ2v) is 6.78. The molecule has 1 aromatic carbocycles. The van der Waals surface area contributed by atoms with Crippen LogP contribution in [0, 0.1) is 0 Å². The molecule has 0 saturated carbocycles. The van der Waals surface area contributed by atoms with Crippen LogP contribution in [-0.4, -0.2) is 30.0 Å². The van der Waals surface area contributed by atoms with Gasteiger partial charge in [0, 0.05) is 36.9 Å². The van der Waals surface area contributed by atoms with E-state index in [0.717, 1.165) is 5.56 Å². The lowest BCUT2D eigenvalue weighted by Gasteiger charge is -2.17. The van der Waals surface area contributed by atoms with Gasteiger partial charge in [0.2, 0.25) is 10.0 Å². The number of rotatable bonds is 5. The molecule has 0 saturated heterocycles. The molecular weight excluding hydrogens is 300 g/mol. The topological polar surface area (TPSA) is 92.1 Å². The minimum absolute atomic E-state index is 0.144. The lowest BCUT2D eigenvalue weighted by molar-refractivity contribution is 0.467. The zero-order chi connectivity index (χ0) is 14.8. The SMILES string of the molecule is CN(Cc1cn[nH]c1)S(=O)(=O)c1ccc(CN)c(Cl)c1. The Balaban J connectivity index is 2.27. The summed E-state index contributed by atoms with van der Waals surface area (Å²) in [6, 6.07) is 4.56.